The lowest BCUT2D eigenvalue weighted by atomic mass is 10.2. The summed E-state index contributed by atoms with van der Waals surface area (Å²) in [7, 11) is -2.40. The van der Waals surface area contributed by atoms with Crippen LogP contribution >= 0.6 is 23.6 Å². The molecule has 7 nitrogen and oxygen atoms in total. The monoisotopic (exact) mass is 475 g/mol. The molecule has 0 bridgehead atoms. The van der Waals surface area contributed by atoms with Gasteiger partial charge in [0.05, 0.1) is 23.3 Å². The third-order valence-corrected chi connectivity index (χ3v) is 6.85. The van der Waals surface area contributed by atoms with Gasteiger partial charge in [0.25, 0.3) is 10.0 Å². The second-order valence-corrected chi connectivity index (χ2v) is 9.96. The van der Waals surface area contributed by atoms with Crippen molar-refractivity contribution in [3.8, 4) is 0 Å². The van der Waals surface area contributed by atoms with Crippen LogP contribution in [0.5, 0.6) is 0 Å². The van der Waals surface area contributed by atoms with Gasteiger partial charge in [-0.1, -0.05) is 18.2 Å². The zero-order chi connectivity index (χ0) is 22.6. The Morgan fingerprint density at radius 1 is 1.03 bits per heavy atom. The fourth-order valence-corrected chi connectivity index (χ4v) is 5.06. The van der Waals surface area contributed by atoms with Crippen molar-refractivity contribution < 1.29 is 17.9 Å². The van der Waals surface area contributed by atoms with E-state index >= 15 is 0 Å². The summed E-state index contributed by atoms with van der Waals surface area (Å²) in [6.45, 7) is 3.71. The van der Waals surface area contributed by atoms with Crippen LogP contribution in [0.25, 0.3) is 0 Å². The molecule has 0 atom stereocenters. The van der Waals surface area contributed by atoms with Gasteiger partial charge in [0.15, 0.2) is 5.11 Å². The molecule has 0 fully saturated rings. The summed E-state index contributed by atoms with van der Waals surface area (Å²) in [5.41, 5.74) is 2.36. The molecule has 10 heteroatoms. The number of hydrogen-bond donors (Lipinski definition) is 3. The lowest BCUT2D eigenvalue weighted by molar-refractivity contribution is 0.0602. The van der Waals surface area contributed by atoms with E-state index in [4.69, 9.17) is 17.0 Å². The number of nitrogens with one attached hydrogen (secondary N) is 3. The number of anilines is 3. The molecule has 0 spiro atoms. The molecule has 0 aliphatic heterocycles. The van der Waals surface area contributed by atoms with E-state index in [0.717, 1.165) is 10.4 Å². The van der Waals surface area contributed by atoms with Gasteiger partial charge in [0.1, 0.15) is 5.00 Å². The van der Waals surface area contributed by atoms with Gasteiger partial charge in [-0.05, 0) is 68.0 Å². The zero-order valence-corrected chi connectivity index (χ0v) is 19.5. The van der Waals surface area contributed by atoms with Crippen LogP contribution in [0.1, 0.15) is 20.8 Å². The van der Waals surface area contributed by atoms with Gasteiger partial charge in [0, 0.05) is 10.6 Å². The molecule has 0 saturated heterocycles. The molecule has 162 valence electrons. The van der Waals surface area contributed by atoms with Crippen LogP contribution in [0.2, 0.25) is 0 Å². The Balaban J connectivity index is 1.69. The number of hydrogen-bond acceptors (Lipinski definition) is 6. The highest BCUT2D eigenvalue weighted by Crippen LogP contribution is 2.28. The quantitative estimate of drug-likeness (QED) is 0.349. The largest absolute Gasteiger partial charge is 0.465 e. The third kappa shape index (κ3) is 5.60. The molecule has 31 heavy (non-hydrogen) atoms. The highest BCUT2D eigenvalue weighted by Gasteiger charge is 2.17. The highest BCUT2D eigenvalue weighted by molar-refractivity contribution is 7.92. The number of ether oxygens (including phenoxy) is 1. The normalized spacial score (nSPS) is 10.9. The molecule has 0 radical (unpaired) electrons. The number of rotatable bonds is 6. The first-order valence-electron chi connectivity index (χ1n) is 9.15. The average Bonchev–Trinajstić information content (AvgIpc) is 3.09. The lowest BCUT2D eigenvalue weighted by Gasteiger charge is -2.12. The molecule has 0 saturated carbocycles. The average molecular weight is 476 g/mol. The van der Waals surface area contributed by atoms with Crippen molar-refractivity contribution in [1.82, 2.24) is 0 Å². The van der Waals surface area contributed by atoms with Crippen LogP contribution < -0.4 is 15.4 Å². The second kappa shape index (κ2) is 9.46. The number of thiophene rings is 1. The van der Waals surface area contributed by atoms with E-state index in [1.165, 1.54) is 30.6 Å². The first-order valence-corrected chi connectivity index (χ1v) is 11.9. The van der Waals surface area contributed by atoms with Crippen molar-refractivity contribution >= 4 is 61.0 Å². The van der Waals surface area contributed by atoms with Crippen molar-refractivity contribution in [3.05, 3.63) is 70.6 Å². The van der Waals surface area contributed by atoms with E-state index in [1.54, 1.807) is 30.3 Å². The smallest absolute Gasteiger partial charge is 0.340 e. The third-order valence-electron chi connectivity index (χ3n) is 4.30. The summed E-state index contributed by atoms with van der Waals surface area (Å²) in [6.07, 6.45) is 0. The summed E-state index contributed by atoms with van der Waals surface area (Å²) in [5.74, 6) is -0.453. The fraction of sp³-hybridized carbons (Fsp3) is 0.143. The summed E-state index contributed by atoms with van der Waals surface area (Å²) in [5, 5.41) is 6.80. The molecule has 2 aromatic carbocycles. The summed E-state index contributed by atoms with van der Waals surface area (Å²) >= 11 is 6.70. The van der Waals surface area contributed by atoms with Crippen molar-refractivity contribution in [1.29, 1.82) is 0 Å². The van der Waals surface area contributed by atoms with E-state index in [9.17, 15) is 13.2 Å². The van der Waals surface area contributed by atoms with Crippen LogP contribution in [0.3, 0.4) is 0 Å². The number of carbonyl (C=O) groups is 1. The molecular formula is C21H21N3O4S3. The van der Waals surface area contributed by atoms with E-state index in [-0.39, 0.29) is 10.0 Å². The predicted octanol–water partition coefficient (Wildman–Crippen LogP) is 4.76. The highest BCUT2D eigenvalue weighted by atomic mass is 32.2. The van der Waals surface area contributed by atoms with E-state index in [2.05, 4.69) is 15.4 Å². The number of sulfonamides is 1. The van der Waals surface area contributed by atoms with Gasteiger partial charge >= 0.3 is 5.97 Å². The Bertz CT molecular complexity index is 1220. The number of benzene rings is 2. The standard InChI is InChI=1S/C21H21N3O4S3/c1-13-6-4-5-7-18(13)24-31(26,27)16-10-8-15(9-11-16)22-21(29)23-19-17(20(25)28-3)12-14(2)30-19/h4-12,24H,1-3H3,(H2,22,23,29). The minimum absolute atomic E-state index is 0.127. The van der Waals surface area contributed by atoms with E-state index < -0.39 is 16.0 Å². The summed E-state index contributed by atoms with van der Waals surface area (Å²) < 4.78 is 32.7. The molecule has 0 unspecified atom stereocenters. The van der Waals surface area contributed by atoms with Gasteiger partial charge in [-0.15, -0.1) is 11.3 Å². The number of esters is 1. The molecule has 1 aromatic heterocycles. The van der Waals surface area contributed by atoms with Crippen LogP contribution in [0.4, 0.5) is 16.4 Å². The van der Waals surface area contributed by atoms with Gasteiger partial charge in [0.2, 0.25) is 0 Å². The van der Waals surface area contributed by atoms with Crippen molar-refractivity contribution in [2.75, 3.05) is 22.5 Å². The maximum atomic E-state index is 12.6. The number of aryl methyl sites for hydroxylation is 2. The first-order chi connectivity index (χ1) is 14.7. The second-order valence-electron chi connectivity index (χ2n) is 6.62. The summed E-state index contributed by atoms with van der Waals surface area (Å²) in [4.78, 5) is 12.9. The van der Waals surface area contributed by atoms with Crippen molar-refractivity contribution in [2.45, 2.75) is 18.7 Å². The van der Waals surface area contributed by atoms with Crippen LogP contribution in [0, 0.1) is 13.8 Å². The SMILES string of the molecule is COC(=O)c1cc(C)sc1NC(=S)Nc1ccc(S(=O)(=O)Nc2ccccc2C)cc1. The van der Waals surface area contributed by atoms with Crippen molar-refractivity contribution in [3.63, 3.8) is 0 Å². The van der Waals surface area contributed by atoms with Gasteiger partial charge < -0.3 is 15.4 Å². The van der Waals surface area contributed by atoms with Crippen LogP contribution in [-0.2, 0) is 14.8 Å². The Morgan fingerprint density at radius 3 is 2.35 bits per heavy atom. The summed E-state index contributed by atoms with van der Waals surface area (Å²) in [6, 6.07) is 15.1. The zero-order valence-electron chi connectivity index (χ0n) is 17.1. The molecular weight excluding hydrogens is 454 g/mol. The maximum Gasteiger partial charge on any atom is 0.340 e. The fourth-order valence-electron chi connectivity index (χ4n) is 2.74. The van der Waals surface area contributed by atoms with Crippen LogP contribution in [0.15, 0.2) is 59.5 Å². The Hall–Kier alpha value is -2.95. The van der Waals surface area contributed by atoms with Gasteiger partial charge in [-0.3, -0.25) is 4.72 Å². The lowest BCUT2D eigenvalue weighted by Crippen LogP contribution is -2.20. The predicted molar refractivity (Wildman–Crippen MR) is 129 cm³/mol. The topological polar surface area (TPSA) is 96.5 Å². The van der Waals surface area contributed by atoms with Gasteiger partial charge in [-0.25, -0.2) is 13.2 Å². The number of methoxy groups -OCH3 is 1. The van der Waals surface area contributed by atoms with Gasteiger partial charge in [-0.2, -0.15) is 0 Å². The Morgan fingerprint density at radius 2 is 1.71 bits per heavy atom. The Kier molecular flexibility index (Phi) is 6.94. The molecule has 0 amide bonds. The molecule has 3 rings (SSSR count). The maximum absolute atomic E-state index is 12.6. The minimum atomic E-state index is -3.72. The number of thiocarbonyl (C=S) groups is 1. The van der Waals surface area contributed by atoms with Crippen LogP contribution in [-0.4, -0.2) is 26.6 Å². The molecule has 3 aromatic rings. The molecule has 0 aliphatic carbocycles. The minimum Gasteiger partial charge on any atom is -0.465 e. The Labute approximate surface area is 190 Å². The number of para-hydroxylation sites is 1. The molecule has 3 N–H and O–H groups in total. The molecule has 0 aliphatic rings. The first kappa shape index (κ1) is 22.7. The van der Waals surface area contributed by atoms with E-state index in [0.29, 0.717) is 21.9 Å². The van der Waals surface area contributed by atoms with Crippen molar-refractivity contribution in [2.24, 2.45) is 0 Å². The number of carbonyl (C=O) groups excluding carboxylic acids is 1. The molecule has 1 heterocycles. The van der Waals surface area contributed by atoms with E-state index in [1.807, 2.05) is 26.0 Å².